The van der Waals surface area contributed by atoms with Crippen LogP contribution in [0.25, 0.3) is 0 Å². The van der Waals surface area contributed by atoms with Crippen LogP contribution in [0.15, 0.2) is 0 Å². The minimum Gasteiger partial charge on any atom is -0.481 e. The summed E-state index contributed by atoms with van der Waals surface area (Å²) in [7, 11) is 1.74. The molecule has 1 aliphatic rings. The predicted molar refractivity (Wildman–Crippen MR) is 108 cm³/mol. The molecule has 12 nitrogen and oxygen atoms in total. The Morgan fingerprint density at radius 3 is 2.00 bits per heavy atom. The molecule has 0 saturated carbocycles. The quantitative estimate of drug-likeness (QED) is 0.302. The van der Waals surface area contributed by atoms with Crippen LogP contribution in [-0.2, 0) is 42.9 Å². The molecule has 12 heteroatoms. The van der Waals surface area contributed by atoms with Gasteiger partial charge < -0.3 is 34.3 Å². The SMILES string of the molecule is CC(=O)NC1[C@@H](OC(C)=O)[C@@H](OC(C)=O)C(COC(C)=O)O[C@@H]1CCN(C)CCC(=O)O. The second-order valence-corrected chi connectivity index (χ2v) is 7.63. The van der Waals surface area contributed by atoms with Crippen LogP contribution >= 0.6 is 0 Å². The van der Waals surface area contributed by atoms with Crippen LogP contribution < -0.4 is 5.32 Å². The van der Waals surface area contributed by atoms with Gasteiger partial charge in [0.1, 0.15) is 12.7 Å². The monoisotopic (exact) mass is 460 g/mol. The number of amides is 1. The van der Waals surface area contributed by atoms with Crippen LogP contribution in [0.2, 0.25) is 0 Å². The summed E-state index contributed by atoms with van der Waals surface area (Å²) in [6, 6.07) is -0.859. The molecular formula is C20H32N2O10. The molecule has 1 saturated heterocycles. The first-order valence-corrected chi connectivity index (χ1v) is 10.2. The van der Waals surface area contributed by atoms with Gasteiger partial charge in [0.05, 0.1) is 18.6 Å². The number of rotatable bonds is 11. The van der Waals surface area contributed by atoms with E-state index >= 15 is 0 Å². The number of ether oxygens (including phenoxy) is 4. The molecule has 0 aromatic heterocycles. The Labute approximate surface area is 186 Å². The molecule has 2 unspecified atom stereocenters. The maximum absolute atomic E-state index is 11.9. The minimum absolute atomic E-state index is 0.0448. The number of esters is 3. The summed E-state index contributed by atoms with van der Waals surface area (Å²) in [6.45, 7) is 5.29. The third-order valence-electron chi connectivity index (χ3n) is 4.72. The van der Waals surface area contributed by atoms with E-state index in [1.807, 2.05) is 0 Å². The molecule has 1 aliphatic heterocycles. The molecule has 32 heavy (non-hydrogen) atoms. The van der Waals surface area contributed by atoms with E-state index in [2.05, 4.69) is 5.32 Å². The number of carbonyl (C=O) groups is 5. The second kappa shape index (κ2) is 13.0. The van der Waals surface area contributed by atoms with Gasteiger partial charge >= 0.3 is 23.9 Å². The molecule has 2 N–H and O–H groups in total. The van der Waals surface area contributed by atoms with Crippen LogP contribution in [0.1, 0.15) is 40.5 Å². The zero-order valence-electron chi connectivity index (χ0n) is 19.0. The molecule has 1 amide bonds. The molecule has 182 valence electrons. The van der Waals surface area contributed by atoms with E-state index in [9.17, 15) is 24.0 Å². The van der Waals surface area contributed by atoms with Crippen LogP contribution in [0.3, 0.4) is 0 Å². The molecule has 5 atom stereocenters. The van der Waals surface area contributed by atoms with Crippen molar-refractivity contribution in [2.75, 3.05) is 26.7 Å². The van der Waals surface area contributed by atoms with Crippen molar-refractivity contribution in [1.29, 1.82) is 0 Å². The Morgan fingerprint density at radius 2 is 1.50 bits per heavy atom. The second-order valence-electron chi connectivity index (χ2n) is 7.63. The summed E-state index contributed by atoms with van der Waals surface area (Å²) in [5.41, 5.74) is 0. The van der Waals surface area contributed by atoms with Crippen molar-refractivity contribution in [3.05, 3.63) is 0 Å². The van der Waals surface area contributed by atoms with Gasteiger partial charge in [-0.25, -0.2) is 0 Å². The maximum atomic E-state index is 11.9. The van der Waals surface area contributed by atoms with E-state index in [0.717, 1.165) is 0 Å². The number of nitrogens with one attached hydrogen (secondary N) is 1. The van der Waals surface area contributed by atoms with Crippen molar-refractivity contribution in [2.24, 2.45) is 0 Å². The van der Waals surface area contributed by atoms with Gasteiger partial charge in [-0.05, 0) is 13.5 Å². The van der Waals surface area contributed by atoms with Gasteiger partial charge in [-0.3, -0.25) is 24.0 Å². The molecule has 0 bridgehead atoms. The minimum atomic E-state index is -1.13. The highest BCUT2D eigenvalue weighted by Gasteiger charge is 2.50. The van der Waals surface area contributed by atoms with Gasteiger partial charge in [0.25, 0.3) is 0 Å². The molecule has 0 radical (unpaired) electrons. The van der Waals surface area contributed by atoms with Gasteiger partial charge in [-0.15, -0.1) is 0 Å². The highest BCUT2D eigenvalue weighted by Crippen LogP contribution is 2.29. The summed E-state index contributed by atoms with van der Waals surface area (Å²) < 4.78 is 21.9. The lowest BCUT2D eigenvalue weighted by atomic mass is 9.90. The fraction of sp³-hybridized carbons (Fsp3) is 0.750. The average molecular weight is 460 g/mol. The lowest BCUT2D eigenvalue weighted by Crippen LogP contribution is -2.66. The average Bonchev–Trinajstić information content (AvgIpc) is 2.65. The van der Waals surface area contributed by atoms with Crippen molar-refractivity contribution in [1.82, 2.24) is 10.2 Å². The molecule has 1 heterocycles. The predicted octanol–water partition coefficient (Wildman–Crippen LogP) is -0.518. The van der Waals surface area contributed by atoms with E-state index in [4.69, 9.17) is 24.1 Å². The van der Waals surface area contributed by atoms with Crippen molar-refractivity contribution in [2.45, 2.75) is 71.0 Å². The normalized spacial score (nSPS) is 25.0. The molecule has 1 rings (SSSR count). The lowest BCUT2D eigenvalue weighted by molar-refractivity contribution is -0.224. The Bertz CT molecular complexity index is 698. The van der Waals surface area contributed by atoms with E-state index in [-0.39, 0.29) is 13.0 Å². The van der Waals surface area contributed by atoms with Gasteiger partial charge in [-0.1, -0.05) is 0 Å². The summed E-state index contributed by atoms with van der Waals surface area (Å²) in [6.07, 6.45) is -3.61. The smallest absolute Gasteiger partial charge is 0.304 e. The first-order valence-electron chi connectivity index (χ1n) is 10.2. The molecular weight excluding hydrogens is 428 g/mol. The number of hydrogen-bond donors (Lipinski definition) is 2. The molecule has 0 aliphatic carbocycles. The molecule has 0 aromatic carbocycles. The number of carboxylic acid groups (broad SMARTS) is 1. The highest BCUT2D eigenvalue weighted by molar-refractivity contribution is 5.73. The zero-order valence-corrected chi connectivity index (χ0v) is 19.0. The first kappa shape index (κ1) is 27.3. The van der Waals surface area contributed by atoms with Crippen molar-refractivity contribution in [3.63, 3.8) is 0 Å². The Morgan fingerprint density at radius 1 is 0.906 bits per heavy atom. The van der Waals surface area contributed by atoms with Gasteiger partial charge in [0.15, 0.2) is 12.2 Å². The fourth-order valence-corrected chi connectivity index (χ4v) is 3.42. The number of carboxylic acids is 1. The van der Waals surface area contributed by atoms with Crippen molar-refractivity contribution < 1.29 is 48.0 Å². The van der Waals surface area contributed by atoms with Crippen molar-refractivity contribution >= 4 is 29.8 Å². The standard InChI is InChI=1S/C20H32N2O10/c1-11(23)21-18-15(6-8-22(5)9-7-17(27)28)32-16(10-29-12(2)24)19(30-13(3)25)20(18)31-14(4)26/h15-16,18-20H,6-10H2,1-5H3,(H,21,23)(H,27,28)/t15-,16?,18?,19+,20-/m1/s1. The first-order chi connectivity index (χ1) is 14.9. The summed E-state index contributed by atoms with van der Waals surface area (Å²) in [5, 5.41) is 11.5. The Balaban J connectivity index is 3.17. The summed E-state index contributed by atoms with van der Waals surface area (Å²) >= 11 is 0. The van der Waals surface area contributed by atoms with Gasteiger partial charge in [0, 0.05) is 40.8 Å². The van der Waals surface area contributed by atoms with Crippen LogP contribution in [0, 0.1) is 0 Å². The van der Waals surface area contributed by atoms with E-state index in [0.29, 0.717) is 19.5 Å². The number of aliphatic carboxylic acids is 1. The Kier molecular flexibility index (Phi) is 11.1. The van der Waals surface area contributed by atoms with Crippen LogP contribution in [0.5, 0.6) is 0 Å². The lowest BCUT2D eigenvalue weighted by Gasteiger charge is -2.45. The zero-order chi connectivity index (χ0) is 24.4. The van der Waals surface area contributed by atoms with Gasteiger partial charge in [-0.2, -0.15) is 0 Å². The molecule has 0 spiro atoms. The fourth-order valence-electron chi connectivity index (χ4n) is 3.42. The topological polar surface area (TPSA) is 158 Å². The van der Waals surface area contributed by atoms with Crippen molar-refractivity contribution in [3.8, 4) is 0 Å². The maximum Gasteiger partial charge on any atom is 0.304 e. The van der Waals surface area contributed by atoms with Crippen LogP contribution in [0.4, 0.5) is 0 Å². The number of hydrogen-bond acceptors (Lipinski definition) is 10. The third-order valence-corrected chi connectivity index (χ3v) is 4.72. The summed E-state index contributed by atoms with van der Waals surface area (Å²) in [4.78, 5) is 59.3. The van der Waals surface area contributed by atoms with Crippen LogP contribution in [-0.4, -0.2) is 97.0 Å². The van der Waals surface area contributed by atoms with E-state index < -0.39 is 60.2 Å². The van der Waals surface area contributed by atoms with E-state index in [1.54, 1.807) is 11.9 Å². The number of carbonyl (C=O) groups excluding carboxylic acids is 4. The van der Waals surface area contributed by atoms with Gasteiger partial charge in [0.2, 0.25) is 5.91 Å². The largest absolute Gasteiger partial charge is 0.481 e. The molecule has 1 fully saturated rings. The Hall–Kier alpha value is -2.73. The number of nitrogens with zero attached hydrogens (tertiary/aromatic N) is 1. The summed E-state index contributed by atoms with van der Waals surface area (Å²) in [5.74, 6) is -3.25. The third kappa shape index (κ3) is 9.60. The molecule has 0 aromatic rings. The highest BCUT2D eigenvalue weighted by atomic mass is 16.6. The van der Waals surface area contributed by atoms with E-state index in [1.165, 1.54) is 27.7 Å².